The van der Waals surface area contributed by atoms with E-state index in [1.165, 1.54) is 12.1 Å². The van der Waals surface area contributed by atoms with Gasteiger partial charge in [-0.05, 0) is 66.3 Å². The standard InChI is InChI=1S/C23H21FN2O2/c24-19-9-7-15(8-10-19)16-4-3-5-17(12-16)23(28)26-22(18-13-20(27)14-18)21-6-1-2-11-25-21/h1-12,18,20,22,27H,13-14H2,(H,26,28)/t18?,20?,22-/m0/s1. The molecule has 1 aliphatic carbocycles. The maximum Gasteiger partial charge on any atom is 0.251 e. The number of hydrogen-bond donors (Lipinski definition) is 2. The second-order valence-corrected chi connectivity index (χ2v) is 7.18. The Morgan fingerprint density at radius 1 is 1.04 bits per heavy atom. The molecule has 1 atom stereocenters. The zero-order valence-corrected chi connectivity index (χ0v) is 15.3. The van der Waals surface area contributed by atoms with E-state index in [0.717, 1.165) is 16.8 Å². The monoisotopic (exact) mass is 376 g/mol. The van der Waals surface area contributed by atoms with E-state index in [4.69, 9.17) is 0 Å². The fraction of sp³-hybridized carbons (Fsp3) is 0.217. The van der Waals surface area contributed by atoms with Gasteiger partial charge < -0.3 is 10.4 Å². The molecule has 0 saturated heterocycles. The van der Waals surface area contributed by atoms with E-state index >= 15 is 0 Å². The lowest BCUT2D eigenvalue weighted by Gasteiger charge is -2.37. The molecule has 0 aliphatic heterocycles. The summed E-state index contributed by atoms with van der Waals surface area (Å²) in [5, 5.41) is 12.8. The molecule has 1 saturated carbocycles. The Kier molecular flexibility index (Phi) is 5.17. The minimum atomic E-state index is -0.310. The van der Waals surface area contributed by atoms with Gasteiger partial charge in [-0.1, -0.05) is 30.3 Å². The number of nitrogens with zero attached hydrogens (tertiary/aromatic N) is 1. The third-order valence-electron chi connectivity index (χ3n) is 5.22. The maximum absolute atomic E-state index is 13.2. The number of carbonyl (C=O) groups excluding carboxylic acids is 1. The Labute approximate surface area is 163 Å². The molecule has 0 spiro atoms. The van der Waals surface area contributed by atoms with Gasteiger partial charge in [-0.15, -0.1) is 0 Å². The molecule has 4 nitrogen and oxygen atoms in total. The highest BCUT2D eigenvalue weighted by Gasteiger charge is 2.36. The van der Waals surface area contributed by atoms with Gasteiger partial charge in [0, 0.05) is 11.8 Å². The Hall–Kier alpha value is -3.05. The van der Waals surface area contributed by atoms with Crippen molar-refractivity contribution in [3.05, 3.63) is 90.0 Å². The Morgan fingerprint density at radius 2 is 1.82 bits per heavy atom. The molecule has 142 valence electrons. The van der Waals surface area contributed by atoms with E-state index in [9.17, 15) is 14.3 Å². The minimum Gasteiger partial charge on any atom is -0.393 e. The molecule has 1 fully saturated rings. The lowest BCUT2D eigenvalue weighted by molar-refractivity contribution is 0.0228. The molecular formula is C23H21FN2O2. The van der Waals surface area contributed by atoms with Crippen molar-refractivity contribution in [2.75, 3.05) is 0 Å². The Bertz CT molecular complexity index is 954. The third-order valence-corrected chi connectivity index (χ3v) is 5.22. The third kappa shape index (κ3) is 3.94. The largest absolute Gasteiger partial charge is 0.393 e. The average molecular weight is 376 g/mol. The van der Waals surface area contributed by atoms with Gasteiger partial charge in [-0.3, -0.25) is 9.78 Å². The number of nitrogens with one attached hydrogen (secondary N) is 1. The summed E-state index contributed by atoms with van der Waals surface area (Å²) >= 11 is 0. The molecule has 0 bridgehead atoms. The van der Waals surface area contributed by atoms with Gasteiger partial charge in [0.05, 0.1) is 17.8 Å². The molecule has 1 aliphatic rings. The van der Waals surface area contributed by atoms with Crippen molar-refractivity contribution in [2.24, 2.45) is 5.92 Å². The van der Waals surface area contributed by atoms with Crippen LogP contribution >= 0.6 is 0 Å². The predicted molar refractivity (Wildman–Crippen MR) is 105 cm³/mol. The summed E-state index contributed by atoms with van der Waals surface area (Å²) in [7, 11) is 0. The fourth-order valence-electron chi connectivity index (χ4n) is 3.60. The molecule has 2 N–H and O–H groups in total. The van der Waals surface area contributed by atoms with Crippen LogP contribution in [-0.4, -0.2) is 22.1 Å². The van der Waals surface area contributed by atoms with Crippen LogP contribution in [0.15, 0.2) is 72.9 Å². The first-order chi connectivity index (χ1) is 13.6. The Morgan fingerprint density at radius 3 is 2.50 bits per heavy atom. The van der Waals surface area contributed by atoms with Crippen molar-refractivity contribution < 1.29 is 14.3 Å². The van der Waals surface area contributed by atoms with Gasteiger partial charge in [0.25, 0.3) is 5.91 Å². The van der Waals surface area contributed by atoms with E-state index in [2.05, 4.69) is 10.3 Å². The molecule has 0 unspecified atom stereocenters. The van der Waals surface area contributed by atoms with Crippen molar-refractivity contribution in [2.45, 2.75) is 25.0 Å². The topological polar surface area (TPSA) is 62.2 Å². The van der Waals surface area contributed by atoms with E-state index in [-0.39, 0.29) is 29.8 Å². The number of hydrogen-bond acceptors (Lipinski definition) is 3. The number of aliphatic hydroxyl groups is 1. The zero-order valence-electron chi connectivity index (χ0n) is 15.3. The maximum atomic E-state index is 13.2. The SMILES string of the molecule is O=C(N[C@H](c1ccccn1)C1CC(O)C1)c1cccc(-c2ccc(F)cc2)c1. The summed E-state index contributed by atoms with van der Waals surface area (Å²) in [6.45, 7) is 0. The summed E-state index contributed by atoms with van der Waals surface area (Å²) in [6, 6.07) is 18.8. The first-order valence-electron chi connectivity index (χ1n) is 9.36. The second kappa shape index (κ2) is 7.90. The highest BCUT2D eigenvalue weighted by Crippen LogP contribution is 2.37. The smallest absolute Gasteiger partial charge is 0.251 e. The molecule has 5 heteroatoms. The molecular weight excluding hydrogens is 355 g/mol. The number of aromatic nitrogens is 1. The van der Waals surface area contributed by atoms with E-state index in [0.29, 0.717) is 18.4 Å². The number of rotatable bonds is 5. The number of halogens is 1. The quantitative estimate of drug-likeness (QED) is 0.704. The van der Waals surface area contributed by atoms with Gasteiger partial charge >= 0.3 is 0 Å². The van der Waals surface area contributed by atoms with Gasteiger partial charge in [-0.2, -0.15) is 0 Å². The van der Waals surface area contributed by atoms with Gasteiger partial charge in [0.2, 0.25) is 0 Å². The van der Waals surface area contributed by atoms with Crippen LogP contribution < -0.4 is 5.32 Å². The lowest BCUT2D eigenvalue weighted by Crippen LogP contribution is -2.41. The van der Waals surface area contributed by atoms with Gasteiger partial charge in [0.15, 0.2) is 0 Å². The van der Waals surface area contributed by atoms with Crippen LogP contribution in [0.5, 0.6) is 0 Å². The van der Waals surface area contributed by atoms with Gasteiger partial charge in [0.1, 0.15) is 5.82 Å². The summed E-state index contributed by atoms with van der Waals surface area (Å²) in [5.41, 5.74) is 3.02. The Balaban J connectivity index is 1.56. The molecule has 0 radical (unpaired) electrons. The van der Waals surface area contributed by atoms with Crippen LogP contribution in [0.1, 0.15) is 34.9 Å². The van der Waals surface area contributed by atoms with Crippen LogP contribution in [0.25, 0.3) is 11.1 Å². The van der Waals surface area contributed by atoms with Crippen molar-refractivity contribution in [1.29, 1.82) is 0 Å². The van der Waals surface area contributed by atoms with Crippen LogP contribution in [0, 0.1) is 11.7 Å². The first-order valence-corrected chi connectivity index (χ1v) is 9.36. The number of pyridine rings is 1. The van der Waals surface area contributed by atoms with Gasteiger partial charge in [-0.25, -0.2) is 4.39 Å². The van der Waals surface area contributed by atoms with Crippen LogP contribution in [0.2, 0.25) is 0 Å². The molecule has 2 aromatic carbocycles. The zero-order chi connectivity index (χ0) is 19.5. The summed E-state index contributed by atoms with van der Waals surface area (Å²) < 4.78 is 13.2. The van der Waals surface area contributed by atoms with E-state index < -0.39 is 0 Å². The van der Waals surface area contributed by atoms with Crippen molar-refractivity contribution >= 4 is 5.91 Å². The number of aliphatic hydroxyl groups excluding tert-OH is 1. The van der Waals surface area contributed by atoms with E-state index in [1.807, 2.05) is 30.3 Å². The van der Waals surface area contributed by atoms with Crippen LogP contribution in [0.4, 0.5) is 4.39 Å². The highest BCUT2D eigenvalue weighted by molar-refractivity contribution is 5.95. The summed E-state index contributed by atoms with van der Waals surface area (Å²) in [4.78, 5) is 17.3. The molecule has 1 heterocycles. The molecule has 28 heavy (non-hydrogen) atoms. The molecule has 3 aromatic rings. The summed E-state index contributed by atoms with van der Waals surface area (Å²) in [5.74, 6) is -0.325. The van der Waals surface area contributed by atoms with Crippen LogP contribution in [-0.2, 0) is 0 Å². The fourth-order valence-corrected chi connectivity index (χ4v) is 3.60. The van der Waals surface area contributed by atoms with E-state index in [1.54, 1.807) is 30.5 Å². The predicted octanol–water partition coefficient (Wildman–Crippen LogP) is 4.13. The highest BCUT2D eigenvalue weighted by atomic mass is 19.1. The second-order valence-electron chi connectivity index (χ2n) is 7.18. The lowest BCUT2D eigenvalue weighted by atomic mass is 9.76. The number of carbonyl (C=O) groups is 1. The van der Waals surface area contributed by atoms with Crippen molar-refractivity contribution in [1.82, 2.24) is 10.3 Å². The van der Waals surface area contributed by atoms with Crippen molar-refractivity contribution in [3.63, 3.8) is 0 Å². The number of amides is 1. The molecule has 1 aromatic heterocycles. The first kappa shape index (κ1) is 18.3. The van der Waals surface area contributed by atoms with Crippen LogP contribution in [0.3, 0.4) is 0 Å². The average Bonchev–Trinajstić information content (AvgIpc) is 2.71. The molecule has 1 amide bonds. The molecule has 4 rings (SSSR count). The minimum absolute atomic E-state index is 0.161. The summed E-state index contributed by atoms with van der Waals surface area (Å²) in [6.07, 6.45) is 2.70. The van der Waals surface area contributed by atoms with Crippen molar-refractivity contribution in [3.8, 4) is 11.1 Å². The number of benzene rings is 2. The normalized spacial score (nSPS) is 19.5.